The summed E-state index contributed by atoms with van der Waals surface area (Å²) in [5, 5.41) is 14.5. The van der Waals surface area contributed by atoms with Crippen LogP contribution in [0.4, 0.5) is 5.69 Å². The molecule has 0 aliphatic heterocycles. The van der Waals surface area contributed by atoms with Crippen molar-refractivity contribution < 1.29 is 4.74 Å². The number of anilines is 1. The zero-order valence-electron chi connectivity index (χ0n) is 20.7. The lowest BCUT2D eigenvalue weighted by Gasteiger charge is -2.21. The van der Waals surface area contributed by atoms with Crippen LogP contribution in [-0.4, -0.2) is 16.7 Å². The van der Waals surface area contributed by atoms with Crippen LogP contribution in [0.1, 0.15) is 29.8 Å². The van der Waals surface area contributed by atoms with Crippen LogP contribution in [0, 0.1) is 11.3 Å². The number of methoxy groups -OCH3 is 1. The summed E-state index contributed by atoms with van der Waals surface area (Å²) in [5.74, 6) is 0.704. The van der Waals surface area contributed by atoms with Gasteiger partial charge in [-0.3, -0.25) is 9.78 Å². The lowest BCUT2D eigenvalue weighted by Crippen LogP contribution is -2.25. The molecule has 1 atom stereocenters. The van der Waals surface area contributed by atoms with Gasteiger partial charge < -0.3 is 14.6 Å². The Labute approximate surface area is 215 Å². The minimum absolute atomic E-state index is 0.104. The number of benzene rings is 3. The largest absolute Gasteiger partial charge is 0.497 e. The zero-order valence-corrected chi connectivity index (χ0v) is 20.7. The quantitative estimate of drug-likeness (QED) is 0.298. The van der Waals surface area contributed by atoms with Crippen LogP contribution in [0.3, 0.4) is 0 Å². The summed E-state index contributed by atoms with van der Waals surface area (Å²) in [6, 6.07) is 31.0. The molecule has 6 heteroatoms. The first kappa shape index (κ1) is 23.8. The van der Waals surface area contributed by atoms with E-state index in [1.165, 1.54) is 0 Å². The average molecular weight is 487 g/mol. The first-order valence-corrected chi connectivity index (χ1v) is 12.1. The van der Waals surface area contributed by atoms with Crippen LogP contribution in [0.5, 0.6) is 5.75 Å². The van der Waals surface area contributed by atoms with Crippen LogP contribution >= 0.6 is 0 Å². The van der Waals surface area contributed by atoms with Gasteiger partial charge >= 0.3 is 0 Å². The summed E-state index contributed by atoms with van der Waals surface area (Å²) in [5.41, 5.74) is 4.57. The van der Waals surface area contributed by atoms with Crippen molar-refractivity contribution in [2.75, 3.05) is 12.4 Å². The molecule has 6 nitrogen and oxygen atoms in total. The zero-order chi connectivity index (χ0) is 25.8. The molecule has 0 aliphatic carbocycles. The summed E-state index contributed by atoms with van der Waals surface area (Å²) in [6.07, 6.45) is 1.77. The van der Waals surface area contributed by atoms with Gasteiger partial charge in [-0.15, -0.1) is 0 Å². The molecule has 2 aromatic heterocycles. The number of nitrogens with one attached hydrogen (secondary N) is 1. The third-order valence-corrected chi connectivity index (χ3v) is 6.46. The van der Waals surface area contributed by atoms with Crippen LogP contribution in [0.2, 0.25) is 0 Å². The first-order chi connectivity index (χ1) is 18.1. The molecule has 0 aliphatic rings. The molecule has 0 saturated carbocycles. The number of hydrogen-bond donors (Lipinski definition) is 1. The number of fused-ring (bicyclic) bond motifs is 1. The van der Waals surface area contributed by atoms with E-state index in [0.29, 0.717) is 17.9 Å². The highest BCUT2D eigenvalue weighted by atomic mass is 16.5. The molecule has 0 unspecified atom stereocenters. The fourth-order valence-corrected chi connectivity index (χ4v) is 4.65. The molecule has 0 radical (unpaired) electrons. The monoisotopic (exact) mass is 486 g/mol. The second kappa shape index (κ2) is 10.4. The molecule has 2 heterocycles. The van der Waals surface area contributed by atoms with Gasteiger partial charge in [0.05, 0.1) is 36.6 Å². The Kier molecular flexibility index (Phi) is 6.69. The maximum Gasteiger partial charge on any atom is 0.269 e. The number of nitrogens with zero attached hydrogens (tertiary/aromatic N) is 3. The van der Waals surface area contributed by atoms with Crippen LogP contribution in [0.25, 0.3) is 22.0 Å². The highest BCUT2D eigenvalue weighted by Gasteiger charge is 2.21. The SMILES string of the molecule is COc1ccc(-c2c(C#N)c(=O)n(Cc3ccccc3)c3c(N[C@H](C)c4ccccn4)cccc23)cc1. The van der Waals surface area contributed by atoms with Crippen molar-refractivity contribution in [3.8, 4) is 22.9 Å². The van der Waals surface area contributed by atoms with Gasteiger partial charge in [-0.1, -0.05) is 60.7 Å². The molecule has 37 heavy (non-hydrogen) atoms. The third-order valence-electron chi connectivity index (χ3n) is 6.46. The highest BCUT2D eigenvalue weighted by Crippen LogP contribution is 2.35. The van der Waals surface area contributed by atoms with Crippen LogP contribution < -0.4 is 15.6 Å². The summed E-state index contributed by atoms with van der Waals surface area (Å²) < 4.78 is 7.01. The minimum atomic E-state index is -0.329. The number of aromatic nitrogens is 2. The lowest BCUT2D eigenvalue weighted by atomic mass is 9.95. The van der Waals surface area contributed by atoms with Gasteiger partial charge in [0.2, 0.25) is 0 Å². The van der Waals surface area contributed by atoms with Crippen molar-refractivity contribution in [2.24, 2.45) is 0 Å². The van der Waals surface area contributed by atoms with E-state index in [-0.39, 0.29) is 17.2 Å². The Morgan fingerprint density at radius 1 is 0.973 bits per heavy atom. The van der Waals surface area contributed by atoms with E-state index in [0.717, 1.165) is 33.4 Å². The lowest BCUT2D eigenvalue weighted by molar-refractivity contribution is 0.415. The number of pyridine rings is 2. The van der Waals surface area contributed by atoms with Gasteiger partial charge in [-0.05, 0) is 48.4 Å². The van der Waals surface area contributed by atoms with Crippen molar-refractivity contribution in [2.45, 2.75) is 19.5 Å². The van der Waals surface area contributed by atoms with Crippen LogP contribution in [0.15, 0.2) is 102 Å². The van der Waals surface area contributed by atoms with E-state index in [4.69, 9.17) is 4.74 Å². The van der Waals surface area contributed by atoms with E-state index >= 15 is 0 Å². The third kappa shape index (κ3) is 4.67. The van der Waals surface area contributed by atoms with Crippen molar-refractivity contribution in [3.63, 3.8) is 0 Å². The molecule has 0 saturated heterocycles. The number of hydrogen-bond acceptors (Lipinski definition) is 5. The fourth-order valence-electron chi connectivity index (χ4n) is 4.65. The van der Waals surface area contributed by atoms with Crippen molar-refractivity contribution >= 4 is 16.6 Å². The Morgan fingerprint density at radius 2 is 1.73 bits per heavy atom. The number of nitriles is 1. The molecule has 0 amide bonds. The average Bonchev–Trinajstić information content (AvgIpc) is 2.95. The molecule has 5 aromatic rings. The second-order valence-electron chi connectivity index (χ2n) is 8.79. The van der Waals surface area contributed by atoms with E-state index in [1.807, 2.05) is 97.9 Å². The first-order valence-electron chi connectivity index (χ1n) is 12.1. The summed E-state index contributed by atoms with van der Waals surface area (Å²) in [6.45, 7) is 2.37. The minimum Gasteiger partial charge on any atom is -0.497 e. The van der Waals surface area contributed by atoms with Gasteiger partial charge in [0.1, 0.15) is 17.4 Å². The van der Waals surface area contributed by atoms with Crippen molar-refractivity contribution in [1.82, 2.24) is 9.55 Å². The Balaban J connectivity index is 1.78. The molecule has 0 fully saturated rings. The van der Waals surface area contributed by atoms with Gasteiger partial charge in [-0.25, -0.2) is 0 Å². The molecule has 1 N–H and O–H groups in total. The Morgan fingerprint density at radius 3 is 2.41 bits per heavy atom. The fraction of sp³-hybridized carbons (Fsp3) is 0.129. The van der Waals surface area contributed by atoms with E-state index in [9.17, 15) is 10.1 Å². The van der Waals surface area contributed by atoms with E-state index < -0.39 is 0 Å². The van der Waals surface area contributed by atoms with Gasteiger partial charge in [0, 0.05) is 17.1 Å². The topological polar surface area (TPSA) is 79.9 Å². The molecule has 0 spiro atoms. The summed E-state index contributed by atoms with van der Waals surface area (Å²) in [4.78, 5) is 18.4. The second-order valence-corrected chi connectivity index (χ2v) is 8.79. The standard InChI is InChI=1S/C31H26N4O2/c1-21(27-12-6-7-18-33-27)34-28-13-8-11-25-29(23-14-16-24(37-2)17-15-23)26(19-32)31(36)35(30(25)28)20-22-9-4-3-5-10-22/h3-18,21,34H,20H2,1-2H3/t21-/m1/s1. The normalized spacial score (nSPS) is 11.6. The van der Waals surface area contributed by atoms with E-state index in [1.54, 1.807) is 17.9 Å². The molecular weight excluding hydrogens is 460 g/mol. The van der Waals surface area contributed by atoms with Gasteiger partial charge in [0.25, 0.3) is 5.56 Å². The summed E-state index contributed by atoms with van der Waals surface area (Å²) >= 11 is 0. The predicted octanol–water partition coefficient (Wildman–Crippen LogP) is 6.17. The Hall–Kier alpha value is -4.89. The predicted molar refractivity (Wildman–Crippen MR) is 147 cm³/mol. The molecular formula is C31H26N4O2. The maximum absolute atomic E-state index is 13.9. The van der Waals surface area contributed by atoms with Gasteiger partial charge in [0.15, 0.2) is 0 Å². The molecule has 182 valence electrons. The van der Waals surface area contributed by atoms with Crippen LogP contribution in [-0.2, 0) is 6.54 Å². The summed E-state index contributed by atoms with van der Waals surface area (Å²) in [7, 11) is 1.61. The van der Waals surface area contributed by atoms with Crippen molar-refractivity contribution in [1.29, 1.82) is 5.26 Å². The highest BCUT2D eigenvalue weighted by molar-refractivity contribution is 6.03. The number of para-hydroxylation sites is 1. The smallest absolute Gasteiger partial charge is 0.269 e. The number of rotatable bonds is 7. The molecule has 5 rings (SSSR count). The van der Waals surface area contributed by atoms with E-state index in [2.05, 4.69) is 16.4 Å². The molecule has 0 bridgehead atoms. The molecule has 3 aromatic carbocycles. The van der Waals surface area contributed by atoms with Gasteiger partial charge in [-0.2, -0.15) is 5.26 Å². The maximum atomic E-state index is 13.9. The Bertz CT molecular complexity index is 1640. The number of ether oxygens (including phenoxy) is 1. The van der Waals surface area contributed by atoms with Crippen molar-refractivity contribution in [3.05, 3.63) is 124 Å².